The molecule has 1 saturated heterocycles. The normalized spacial score (nSPS) is 22.1. The molecule has 5 heteroatoms. The van der Waals surface area contributed by atoms with Gasteiger partial charge in [0, 0.05) is 38.8 Å². The Morgan fingerprint density at radius 2 is 2.00 bits per heavy atom. The molecule has 0 bridgehead atoms. The van der Waals surface area contributed by atoms with Crippen molar-refractivity contribution in [2.75, 3.05) is 32.8 Å². The van der Waals surface area contributed by atoms with E-state index in [9.17, 15) is 4.79 Å². The summed E-state index contributed by atoms with van der Waals surface area (Å²) in [6, 6.07) is 11.0. The van der Waals surface area contributed by atoms with Gasteiger partial charge in [0.1, 0.15) is 0 Å². The molecule has 1 N–H and O–H groups in total. The minimum Gasteiger partial charge on any atom is -0.374 e. The van der Waals surface area contributed by atoms with Crippen molar-refractivity contribution in [2.24, 2.45) is 0 Å². The van der Waals surface area contributed by atoms with Crippen molar-refractivity contribution in [3.05, 3.63) is 35.9 Å². The van der Waals surface area contributed by atoms with E-state index in [-0.39, 0.29) is 12.1 Å². The van der Waals surface area contributed by atoms with Crippen molar-refractivity contribution in [1.29, 1.82) is 0 Å². The second kappa shape index (κ2) is 9.93. The summed E-state index contributed by atoms with van der Waals surface area (Å²) in [4.78, 5) is 17.1. The number of benzene rings is 1. The zero-order valence-corrected chi connectivity index (χ0v) is 16.0. The van der Waals surface area contributed by atoms with Gasteiger partial charge < -0.3 is 15.0 Å². The van der Waals surface area contributed by atoms with E-state index < -0.39 is 0 Å². The lowest BCUT2D eigenvalue weighted by Gasteiger charge is -2.35. The van der Waals surface area contributed by atoms with Crippen molar-refractivity contribution in [3.8, 4) is 0 Å². The molecule has 1 saturated carbocycles. The molecular weight excluding hydrogens is 326 g/mol. The zero-order valence-electron chi connectivity index (χ0n) is 16.0. The molecule has 1 aliphatic carbocycles. The lowest BCUT2D eigenvalue weighted by Crippen LogP contribution is -2.51. The molecule has 0 aromatic heterocycles. The van der Waals surface area contributed by atoms with Crippen LogP contribution in [0.2, 0.25) is 0 Å². The number of carbonyl (C=O) groups excluding carboxylic acids is 1. The minimum absolute atomic E-state index is 0.0708. The second-order valence-electron chi connectivity index (χ2n) is 7.48. The predicted molar refractivity (Wildman–Crippen MR) is 104 cm³/mol. The number of rotatable bonds is 6. The van der Waals surface area contributed by atoms with Crippen LogP contribution in [-0.2, 0) is 11.3 Å². The van der Waals surface area contributed by atoms with Gasteiger partial charge in [0.2, 0.25) is 0 Å². The Kier molecular flexibility index (Phi) is 7.32. The number of hydrogen-bond donors (Lipinski definition) is 1. The van der Waals surface area contributed by atoms with Gasteiger partial charge in [0.05, 0.1) is 12.7 Å². The van der Waals surface area contributed by atoms with Crippen LogP contribution in [0.25, 0.3) is 0 Å². The van der Waals surface area contributed by atoms with Crippen LogP contribution in [-0.4, -0.2) is 60.8 Å². The van der Waals surface area contributed by atoms with E-state index in [2.05, 4.69) is 41.4 Å². The van der Waals surface area contributed by atoms with Crippen LogP contribution in [0.15, 0.2) is 30.3 Å². The average Bonchev–Trinajstić information content (AvgIpc) is 2.69. The van der Waals surface area contributed by atoms with Gasteiger partial charge >= 0.3 is 6.03 Å². The van der Waals surface area contributed by atoms with E-state index in [1.807, 2.05) is 11.0 Å². The van der Waals surface area contributed by atoms with Crippen molar-refractivity contribution >= 4 is 6.03 Å². The van der Waals surface area contributed by atoms with Gasteiger partial charge in [-0.3, -0.25) is 4.90 Å². The molecule has 2 amide bonds. The van der Waals surface area contributed by atoms with E-state index in [0.717, 1.165) is 45.6 Å². The first kappa shape index (κ1) is 19.2. The van der Waals surface area contributed by atoms with Crippen LogP contribution >= 0.6 is 0 Å². The van der Waals surface area contributed by atoms with Gasteiger partial charge in [-0.2, -0.15) is 0 Å². The molecule has 1 aliphatic heterocycles. The summed E-state index contributed by atoms with van der Waals surface area (Å²) in [5.74, 6) is 0. The summed E-state index contributed by atoms with van der Waals surface area (Å²) in [5.41, 5.74) is 1.33. The molecule has 2 fully saturated rings. The highest BCUT2D eigenvalue weighted by Crippen LogP contribution is 2.22. The van der Waals surface area contributed by atoms with Gasteiger partial charge in [-0.15, -0.1) is 0 Å². The third kappa shape index (κ3) is 5.45. The number of nitrogens with zero attached hydrogens (tertiary/aromatic N) is 2. The van der Waals surface area contributed by atoms with Gasteiger partial charge in [-0.25, -0.2) is 4.79 Å². The Hall–Kier alpha value is -1.59. The highest BCUT2D eigenvalue weighted by Gasteiger charge is 2.26. The van der Waals surface area contributed by atoms with Crippen LogP contribution in [0.5, 0.6) is 0 Å². The average molecular weight is 360 g/mol. The number of amides is 2. The summed E-state index contributed by atoms with van der Waals surface area (Å²) >= 11 is 0. The summed E-state index contributed by atoms with van der Waals surface area (Å²) < 4.78 is 5.88. The second-order valence-corrected chi connectivity index (χ2v) is 7.48. The van der Waals surface area contributed by atoms with E-state index >= 15 is 0 Å². The molecular formula is C21H33N3O2. The van der Waals surface area contributed by atoms with Crippen LogP contribution in [0, 0.1) is 0 Å². The predicted octanol–water partition coefficient (Wildman–Crippen LogP) is 3.25. The third-order valence-electron chi connectivity index (χ3n) is 5.57. The first-order valence-corrected chi connectivity index (χ1v) is 10.2. The van der Waals surface area contributed by atoms with Crippen molar-refractivity contribution in [3.63, 3.8) is 0 Å². The monoisotopic (exact) mass is 359 g/mol. The van der Waals surface area contributed by atoms with Crippen LogP contribution < -0.4 is 5.32 Å². The largest absolute Gasteiger partial charge is 0.374 e. The van der Waals surface area contributed by atoms with Crippen molar-refractivity contribution in [2.45, 2.75) is 57.7 Å². The maximum Gasteiger partial charge on any atom is 0.317 e. The first-order chi connectivity index (χ1) is 12.8. The van der Waals surface area contributed by atoms with E-state index in [4.69, 9.17) is 4.74 Å². The SMILES string of the molecule is CCN(C(=O)NCC1CN(Cc2ccccc2)CCO1)C1CCCCC1. The third-order valence-corrected chi connectivity index (χ3v) is 5.57. The molecule has 2 aliphatic rings. The van der Waals surface area contributed by atoms with Crippen molar-refractivity contribution in [1.82, 2.24) is 15.1 Å². The smallest absolute Gasteiger partial charge is 0.317 e. The Labute approximate surface area is 157 Å². The molecule has 1 heterocycles. The Morgan fingerprint density at radius 1 is 1.23 bits per heavy atom. The fraction of sp³-hybridized carbons (Fsp3) is 0.667. The number of hydrogen-bond acceptors (Lipinski definition) is 3. The number of nitrogens with one attached hydrogen (secondary N) is 1. The lowest BCUT2D eigenvalue weighted by molar-refractivity contribution is -0.0292. The summed E-state index contributed by atoms with van der Waals surface area (Å²) in [6.07, 6.45) is 6.16. The van der Waals surface area contributed by atoms with Gasteiger partial charge in [0.25, 0.3) is 0 Å². The Balaban J connectivity index is 1.45. The molecule has 1 unspecified atom stereocenters. The van der Waals surface area contributed by atoms with Gasteiger partial charge in [0.15, 0.2) is 0 Å². The fourth-order valence-corrected chi connectivity index (χ4v) is 4.15. The molecule has 0 spiro atoms. The molecule has 1 aromatic carbocycles. The van der Waals surface area contributed by atoms with Crippen LogP contribution in [0.1, 0.15) is 44.6 Å². The number of urea groups is 1. The summed E-state index contributed by atoms with van der Waals surface area (Å²) in [5, 5.41) is 3.12. The van der Waals surface area contributed by atoms with E-state index in [0.29, 0.717) is 12.6 Å². The first-order valence-electron chi connectivity index (χ1n) is 10.2. The zero-order chi connectivity index (χ0) is 18.2. The minimum atomic E-state index is 0.0708. The Morgan fingerprint density at radius 3 is 2.73 bits per heavy atom. The van der Waals surface area contributed by atoms with Crippen molar-refractivity contribution < 1.29 is 9.53 Å². The fourth-order valence-electron chi connectivity index (χ4n) is 4.15. The van der Waals surface area contributed by atoms with E-state index in [1.54, 1.807) is 0 Å². The topological polar surface area (TPSA) is 44.8 Å². The Bertz CT molecular complexity index is 545. The standard InChI is InChI=1S/C21H33N3O2/c1-2-24(19-11-7-4-8-12-19)21(25)22-15-20-17-23(13-14-26-20)16-18-9-5-3-6-10-18/h3,5-6,9-10,19-20H,2,4,7-8,11-17H2,1H3,(H,22,25). The van der Waals surface area contributed by atoms with E-state index in [1.165, 1.54) is 24.8 Å². The highest BCUT2D eigenvalue weighted by atomic mass is 16.5. The molecule has 26 heavy (non-hydrogen) atoms. The summed E-state index contributed by atoms with van der Waals surface area (Å²) in [6.45, 7) is 6.93. The van der Waals surface area contributed by atoms with Crippen LogP contribution in [0.4, 0.5) is 4.79 Å². The molecule has 3 rings (SSSR count). The number of ether oxygens (including phenoxy) is 1. The van der Waals surface area contributed by atoms with Gasteiger partial charge in [-0.1, -0.05) is 49.6 Å². The lowest BCUT2D eigenvalue weighted by atomic mass is 9.94. The van der Waals surface area contributed by atoms with Crippen LogP contribution in [0.3, 0.4) is 0 Å². The molecule has 0 radical (unpaired) electrons. The maximum atomic E-state index is 12.6. The molecule has 1 atom stereocenters. The number of carbonyl (C=O) groups is 1. The highest BCUT2D eigenvalue weighted by molar-refractivity contribution is 5.74. The summed E-state index contributed by atoms with van der Waals surface area (Å²) in [7, 11) is 0. The number of morpholine rings is 1. The maximum absolute atomic E-state index is 12.6. The molecule has 1 aromatic rings. The van der Waals surface area contributed by atoms with Gasteiger partial charge in [-0.05, 0) is 25.3 Å². The quantitative estimate of drug-likeness (QED) is 0.848. The molecule has 5 nitrogen and oxygen atoms in total. The molecule has 144 valence electrons.